The van der Waals surface area contributed by atoms with Gasteiger partial charge < -0.3 is 14.8 Å². The number of fused-ring (bicyclic) bond motifs is 3. The molecule has 3 aliphatic rings. The van der Waals surface area contributed by atoms with Crippen molar-refractivity contribution in [3.63, 3.8) is 0 Å². The molecule has 0 fully saturated rings. The molecule has 0 unspecified atom stereocenters. The first kappa shape index (κ1) is 19.4. The molecule has 2 aromatic rings. The summed E-state index contributed by atoms with van der Waals surface area (Å²) in [5, 5.41) is 3.27. The largest absolute Gasteiger partial charge is 0.490 e. The molecule has 0 aromatic heterocycles. The van der Waals surface area contributed by atoms with Gasteiger partial charge in [-0.2, -0.15) is 0 Å². The van der Waals surface area contributed by atoms with Crippen LogP contribution in [0, 0.1) is 0 Å². The van der Waals surface area contributed by atoms with Gasteiger partial charge in [0.05, 0.1) is 24.3 Å². The van der Waals surface area contributed by atoms with E-state index >= 15 is 0 Å². The maximum Gasteiger partial charge on any atom is 0.262 e. The third kappa shape index (κ3) is 3.26. The van der Waals surface area contributed by atoms with Gasteiger partial charge in [-0.25, -0.2) is 0 Å². The molecule has 0 aliphatic carbocycles. The highest BCUT2D eigenvalue weighted by molar-refractivity contribution is 6.23. The van der Waals surface area contributed by atoms with Gasteiger partial charge in [-0.1, -0.05) is 12.1 Å². The van der Waals surface area contributed by atoms with Crippen LogP contribution in [-0.4, -0.2) is 48.3 Å². The fourth-order valence-electron chi connectivity index (χ4n) is 4.21. The smallest absolute Gasteiger partial charge is 0.262 e. The quantitative estimate of drug-likeness (QED) is 0.609. The van der Waals surface area contributed by atoms with Crippen molar-refractivity contribution in [2.24, 2.45) is 0 Å². The number of rotatable bonds is 3. The summed E-state index contributed by atoms with van der Waals surface area (Å²) in [5.74, 6) is 0.187. The normalized spacial score (nSPS) is 19.4. The summed E-state index contributed by atoms with van der Waals surface area (Å²) in [7, 11) is 0. The Morgan fingerprint density at radius 1 is 1.03 bits per heavy atom. The van der Waals surface area contributed by atoms with Crippen LogP contribution < -0.4 is 14.8 Å². The van der Waals surface area contributed by atoms with Crippen LogP contribution in [0.4, 0.5) is 0 Å². The van der Waals surface area contributed by atoms with Crippen molar-refractivity contribution in [3.05, 3.63) is 64.7 Å². The molecule has 158 valence electrons. The summed E-state index contributed by atoms with van der Waals surface area (Å²) < 4.78 is 11.6. The Bertz CT molecular complexity index is 1100. The van der Waals surface area contributed by atoms with E-state index in [0.29, 0.717) is 42.3 Å². The third-order valence-electron chi connectivity index (χ3n) is 5.88. The van der Waals surface area contributed by atoms with Crippen LogP contribution in [0.25, 0.3) is 5.70 Å². The van der Waals surface area contributed by atoms with Gasteiger partial charge in [0.25, 0.3) is 11.8 Å². The van der Waals surface area contributed by atoms with Gasteiger partial charge in [0.2, 0.25) is 0 Å². The second-order valence-corrected chi connectivity index (χ2v) is 7.85. The van der Waals surface area contributed by atoms with E-state index in [2.05, 4.69) is 5.32 Å². The summed E-state index contributed by atoms with van der Waals surface area (Å²) in [4.78, 5) is 39.6. The van der Waals surface area contributed by atoms with Gasteiger partial charge >= 0.3 is 0 Å². The van der Waals surface area contributed by atoms with E-state index in [0.717, 1.165) is 34.6 Å². The first-order chi connectivity index (χ1) is 15.0. The van der Waals surface area contributed by atoms with Crippen LogP contribution in [0.2, 0.25) is 0 Å². The van der Waals surface area contributed by atoms with Crippen molar-refractivity contribution < 1.29 is 23.9 Å². The summed E-state index contributed by atoms with van der Waals surface area (Å²) in [6.07, 6.45) is 3.10. The number of carbonyl (C=O) groups is 3. The molecule has 2 amide bonds. The number of hydrogen-bond acceptors (Lipinski definition) is 6. The number of nitrogens with one attached hydrogen (secondary N) is 1. The number of hydrogen-bond donors (Lipinski definition) is 1. The minimum atomic E-state index is -0.910. The predicted octanol–water partition coefficient (Wildman–Crippen LogP) is 2.59. The van der Waals surface area contributed by atoms with Crippen molar-refractivity contribution in [1.82, 2.24) is 10.2 Å². The van der Waals surface area contributed by atoms with Crippen LogP contribution >= 0.6 is 0 Å². The fourth-order valence-corrected chi connectivity index (χ4v) is 4.21. The first-order valence-electron chi connectivity index (χ1n) is 10.4. The number of ether oxygens (including phenoxy) is 2. The number of amides is 2. The van der Waals surface area contributed by atoms with Crippen molar-refractivity contribution in [2.75, 3.05) is 19.8 Å². The zero-order chi connectivity index (χ0) is 21.5. The van der Waals surface area contributed by atoms with E-state index in [1.165, 1.54) is 6.08 Å². The van der Waals surface area contributed by atoms with Gasteiger partial charge in [0, 0.05) is 30.3 Å². The van der Waals surface area contributed by atoms with Crippen LogP contribution in [0.15, 0.2) is 42.5 Å². The van der Waals surface area contributed by atoms with Gasteiger partial charge in [0.1, 0.15) is 6.04 Å². The molecule has 0 saturated heterocycles. The van der Waals surface area contributed by atoms with Crippen LogP contribution in [0.5, 0.6) is 11.5 Å². The van der Waals surface area contributed by atoms with E-state index in [9.17, 15) is 14.4 Å². The highest BCUT2D eigenvalue weighted by Gasteiger charge is 2.40. The predicted molar refractivity (Wildman–Crippen MR) is 113 cm³/mol. The lowest BCUT2D eigenvalue weighted by molar-refractivity contribution is -0.117. The molecule has 31 heavy (non-hydrogen) atoms. The lowest BCUT2D eigenvalue weighted by Crippen LogP contribution is -2.42. The lowest BCUT2D eigenvalue weighted by atomic mass is 9.95. The molecule has 0 radical (unpaired) electrons. The molecule has 7 heteroatoms. The number of ketones is 1. The Balaban J connectivity index is 1.44. The molecular formula is C24H22N2O5. The third-order valence-corrected chi connectivity index (χ3v) is 5.88. The Morgan fingerprint density at radius 3 is 2.35 bits per heavy atom. The summed E-state index contributed by atoms with van der Waals surface area (Å²) in [6.45, 7) is 3.45. The molecule has 0 bridgehead atoms. The number of benzene rings is 2. The monoisotopic (exact) mass is 418 g/mol. The van der Waals surface area contributed by atoms with E-state index < -0.39 is 17.9 Å². The molecule has 2 aromatic carbocycles. The summed E-state index contributed by atoms with van der Waals surface area (Å²) in [6, 6.07) is 9.60. The Kier molecular flexibility index (Phi) is 4.73. The molecule has 3 aliphatic heterocycles. The van der Waals surface area contributed by atoms with Crippen molar-refractivity contribution >= 4 is 23.3 Å². The highest BCUT2D eigenvalue weighted by Crippen LogP contribution is 2.36. The van der Waals surface area contributed by atoms with Crippen LogP contribution in [-0.2, 0) is 11.2 Å². The Labute approximate surface area is 179 Å². The second-order valence-electron chi connectivity index (χ2n) is 7.85. The van der Waals surface area contributed by atoms with E-state index in [1.54, 1.807) is 31.2 Å². The average molecular weight is 418 g/mol. The van der Waals surface area contributed by atoms with Gasteiger partial charge in [-0.15, -0.1) is 0 Å². The fraction of sp³-hybridized carbons (Fsp3) is 0.292. The first-order valence-corrected chi connectivity index (χ1v) is 10.4. The Hall–Kier alpha value is -3.61. The highest BCUT2D eigenvalue weighted by atomic mass is 16.5. The molecule has 7 nitrogen and oxygen atoms in total. The van der Waals surface area contributed by atoms with E-state index in [4.69, 9.17) is 9.47 Å². The average Bonchev–Trinajstić information content (AvgIpc) is 2.92. The van der Waals surface area contributed by atoms with Crippen molar-refractivity contribution in [1.29, 1.82) is 0 Å². The van der Waals surface area contributed by atoms with Crippen LogP contribution in [0.1, 0.15) is 45.2 Å². The molecule has 5 rings (SSSR count). The summed E-state index contributed by atoms with van der Waals surface area (Å²) in [5.41, 5.74) is 3.26. The number of nitrogens with zero attached hydrogens (tertiary/aromatic N) is 1. The SMILES string of the molecule is C[C@H](C(=O)/C=C1\NCCc2cc3c(cc21)OCCCO3)N1C(=O)c2ccccc2C1=O. The second kappa shape index (κ2) is 7.58. The molecule has 1 N–H and O–H groups in total. The maximum atomic E-state index is 13.1. The molecule has 0 saturated carbocycles. The zero-order valence-corrected chi connectivity index (χ0v) is 17.1. The summed E-state index contributed by atoms with van der Waals surface area (Å²) >= 11 is 0. The standard InChI is InChI=1S/C24H22N2O5/c1-14(26-23(28)16-5-2-3-6-17(16)24(26)29)20(27)13-19-18-12-22-21(30-9-4-10-31-22)11-15(18)7-8-25-19/h2-3,5-6,11-14,25H,4,7-10H2,1H3/b19-13-/t14-/m1/s1. The maximum absolute atomic E-state index is 13.1. The van der Waals surface area contributed by atoms with Crippen LogP contribution in [0.3, 0.4) is 0 Å². The van der Waals surface area contributed by atoms with E-state index in [1.807, 2.05) is 12.1 Å². The van der Waals surface area contributed by atoms with Crippen molar-refractivity contribution in [3.8, 4) is 11.5 Å². The van der Waals surface area contributed by atoms with Gasteiger partial charge in [-0.05, 0) is 43.2 Å². The number of carbonyl (C=O) groups excluding carboxylic acids is 3. The Morgan fingerprint density at radius 2 is 1.68 bits per heavy atom. The minimum Gasteiger partial charge on any atom is -0.490 e. The van der Waals surface area contributed by atoms with Crippen molar-refractivity contribution in [2.45, 2.75) is 25.8 Å². The van der Waals surface area contributed by atoms with Gasteiger partial charge in [0.15, 0.2) is 17.3 Å². The molecule has 3 heterocycles. The molecular weight excluding hydrogens is 396 g/mol. The minimum absolute atomic E-state index is 0.322. The number of imide groups is 1. The van der Waals surface area contributed by atoms with E-state index in [-0.39, 0.29) is 5.78 Å². The molecule has 1 atom stereocenters. The van der Waals surface area contributed by atoms with Gasteiger partial charge in [-0.3, -0.25) is 19.3 Å². The zero-order valence-electron chi connectivity index (χ0n) is 17.1. The lowest BCUT2D eigenvalue weighted by Gasteiger charge is -2.24. The topological polar surface area (TPSA) is 84.9 Å². The molecule has 0 spiro atoms.